The molecule has 7 heteroatoms. The molecule has 0 aliphatic rings. The van der Waals surface area contributed by atoms with E-state index >= 15 is 0 Å². The summed E-state index contributed by atoms with van der Waals surface area (Å²) < 4.78 is 12.9. The second-order valence-electron chi connectivity index (χ2n) is 5.88. The molecule has 138 valence electrons. The van der Waals surface area contributed by atoms with Gasteiger partial charge < -0.3 is 5.32 Å². The number of hydrogen-bond acceptors (Lipinski definition) is 5. The Labute approximate surface area is 156 Å². The molecule has 2 N–H and O–H groups in total. The van der Waals surface area contributed by atoms with Crippen molar-refractivity contribution in [2.45, 2.75) is 12.8 Å². The van der Waals surface area contributed by atoms with Crippen LogP contribution in [0.15, 0.2) is 60.9 Å². The van der Waals surface area contributed by atoms with Crippen LogP contribution in [0.3, 0.4) is 0 Å². The summed E-state index contributed by atoms with van der Waals surface area (Å²) in [5.74, 6) is -0.122. The Morgan fingerprint density at radius 3 is 2.44 bits per heavy atom. The van der Waals surface area contributed by atoms with Gasteiger partial charge in [0.05, 0.1) is 7.11 Å². The summed E-state index contributed by atoms with van der Waals surface area (Å²) in [5.41, 5.74) is 5.58. The van der Waals surface area contributed by atoms with Gasteiger partial charge in [0.2, 0.25) is 5.95 Å². The van der Waals surface area contributed by atoms with Crippen molar-refractivity contribution in [3.63, 3.8) is 0 Å². The van der Waals surface area contributed by atoms with E-state index in [0.29, 0.717) is 11.5 Å². The van der Waals surface area contributed by atoms with Gasteiger partial charge in [-0.1, -0.05) is 12.1 Å². The SMILES string of the molecule is CONC(=O)c1cccc(CCc2cnc(Nc3ccc(F)cc3)nc2)c1. The van der Waals surface area contributed by atoms with E-state index in [4.69, 9.17) is 0 Å². The van der Waals surface area contributed by atoms with Gasteiger partial charge in [-0.15, -0.1) is 0 Å². The minimum atomic E-state index is -0.291. The molecule has 0 saturated heterocycles. The van der Waals surface area contributed by atoms with E-state index in [1.165, 1.54) is 19.2 Å². The first-order chi connectivity index (χ1) is 13.1. The van der Waals surface area contributed by atoms with Crippen LogP contribution < -0.4 is 10.8 Å². The fourth-order valence-electron chi connectivity index (χ4n) is 2.52. The van der Waals surface area contributed by atoms with E-state index in [0.717, 1.165) is 29.7 Å². The lowest BCUT2D eigenvalue weighted by Crippen LogP contribution is -2.21. The van der Waals surface area contributed by atoms with E-state index in [2.05, 4.69) is 25.6 Å². The van der Waals surface area contributed by atoms with Gasteiger partial charge in [-0.3, -0.25) is 9.63 Å². The molecule has 0 aliphatic heterocycles. The number of amides is 1. The minimum Gasteiger partial charge on any atom is -0.324 e. The Kier molecular flexibility index (Phi) is 6.06. The van der Waals surface area contributed by atoms with Gasteiger partial charge in [0.25, 0.3) is 5.91 Å². The number of carbonyl (C=O) groups is 1. The number of halogens is 1. The van der Waals surface area contributed by atoms with Gasteiger partial charge in [-0.25, -0.2) is 19.8 Å². The maximum Gasteiger partial charge on any atom is 0.274 e. The summed E-state index contributed by atoms with van der Waals surface area (Å²) in [6.45, 7) is 0. The van der Waals surface area contributed by atoms with E-state index in [1.807, 2.05) is 18.2 Å². The number of aromatic nitrogens is 2. The van der Waals surface area contributed by atoms with Crippen molar-refractivity contribution < 1.29 is 14.0 Å². The van der Waals surface area contributed by atoms with Crippen molar-refractivity contribution in [1.29, 1.82) is 0 Å². The number of rotatable bonds is 7. The van der Waals surface area contributed by atoms with E-state index in [1.54, 1.807) is 30.6 Å². The van der Waals surface area contributed by atoms with Crippen LogP contribution in [0.4, 0.5) is 16.0 Å². The molecule has 1 aromatic heterocycles. The summed E-state index contributed by atoms with van der Waals surface area (Å²) in [4.78, 5) is 25.0. The molecule has 0 saturated carbocycles. The second-order valence-corrected chi connectivity index (χ2v) is 5.88. The molecule has 0 aliphatic carbocycles. The van der Waals surface area contributed by atoms with Crippen LogP contribution in [0.2, 0.25) is 0 Å². The van der Waals surface area contributed by atoms with Crippen molar-refractivity contribution in [3.8, 4) is 0 Å². The summed E-state index contributed by atoms with van der Waals surface area (Å²) in [6, 6.07) is 13.4. The number of carbonyl (C=O) groups excluding carboxylic acids is 1. The number of benzene rings is 2. The smallest absolute Gasteiger partial charge is 0.274 e. The van der Waals surface area contributed by atoms with Crippen LogP contribution in [0.5, 0.6) is 0 Å². The van der Waals surface area contributed by atoms with Gasteiger partial charge in [0.15, 0.2) is 0 Å². The Bertz CT molecular complexity index is 899. The van der Waals surface area contributed by atoms with Gasteiger partial charge in [0, 0.05) is 23.6 Å². The third-order valence-electron chi connectivity index (χ3n) is 3.89. The fraction of sp³-hybridized carbons (Fsp3) is 0.150. The Balaban J connectivity index is 1.58. The average Bonchev–Trinajstić information content (AvgIpc) is 2.70. The topological polar surface area (TPSA) is 76.1 Å². The summed E-state index contributed by atoms with van der Waals surface area (Å²) in [5, 5.41) is 3.02. The zero-order valence-electron chi connectivity index (χ0n) is 14.8. The largest absolute Gasteiger partial charge is 0.324 e. The second kappa shape index (κ2) is 8.86. The normalized spacial score (nSPS) is 10.4. The highest BCUT2D eigenvalue weighted by Gasteiger charge is 2.06. The van der Waals surface area contributed by atoms with Crippen LogP contribution in [-0.2, 0) is 17.7 Å². The number of aryl methyl sites for hydroxylation is 2. The average molecular weight is 366 g/mol. The van der Waals surface area contributed by atoms with Crippen LogP contribution in [-0.4, -0.2) is 23.0 Å². The highest BCUT2D eigenvalue weighted by atomic mass is 19.1. The van der Waals surface area contributed by atoms with Crippen molar-refractivity contribution in [2.75, 3.05) is 12.4 Å². The summed E-state index contributed by atoms with van der Waals surface area (Å²) >= 11 is 0. The molecular weight excluding hydrogens is 347 g/mol. The van der Waals surface area contributed by atoms with Crippen molar-refractivity contribution in [3.05, 3.63) is 83.4 Å². The molecule has 1 heterocycles. The third-order valence-corrected chi connectivity index (χ3v) is 3.89. The molecule has 27 heavy (non-hydrogen) atoms. The highest BCUT2D eigenvalue weighted by Crippen LogP contribution is 2.14. The number of nitrogens with one attached hydrogen (secondary N) is 2. The summed E-state index contributed by atoms with van der Waals surface area (Å²) in [7, 11) is 1.40. The van der Waals surface area contributed by atoms with Gasteiger partial charge in [-0.05, 0) is 60.4 Å². The van der Waals surface area contributed by atoms with E-state index < -0.39 is 0 Å². The highest BCUT2D eigenvalue weighted by molar-refractivity contribution is 5.93. The first-order valence-corrected chi connectivity index (χ1v) is 8.40. The van der Waals surface area contributed by atoms with Crippen molar-refractivity contribution in [2.24, 2.45) is 0 Å². The van der Waals surface area contributed by atoms with Gasteiger partial charge >= 0.3 is 0 Å². The zero-order chi connectivity index (χ0) is 19.1. The lowest BCUT2D eigenvalue weighted by molar-refractivity contribution is 0.0537. The molecule has 0 bridgehead atoms. The Morgan fingerprint density at radius 2 is 1.74 bits per heavy atom. The lowest BCUT2D eigenvalue weighted by atomic mass is 10.0. The molecule has 2 aromatic carbocycles. The van der Waals surface area contributed by atoms with E-state index in [-0.39, 0.29) is 11.7 Å². The lowest BCUT2D eigenvalue weighted by Gasteiger charge is -2.07. The molecule has 0 spiro atoms. The van der Waals surface area contributed by atoms with Crippen molar-refractivity contribution >= 4 is 17.5 Å². The van der Waals surface area contributed by atoms with Gasteiger partial charge in [-0.2, -0.15) is 0 Å². The molecule has 3 aromatic rings. The monoisotopic (exact) mass is 366 g/mol. The zero-order valence-corrected chi connectivity index (χ0v) is 14.8. The molecule has 6 nitrogen and oxygen atoms in total. The first-order valence-electron chi connectivity index (χ1n) is 8.40. The minimum absolute atomic E-state index is 0.279. The van der Waals surface area contributed by atoms with E-state index in [9.17, 15) is 9.18 Å². The number of hydroxylamine groups is 1. The van der Waals surface area contributed by atoms with Crippen LogP contribution >= 0.6 is 0 Å². The predicted molar refractivity (Wildman–Crippen MR) is 100 cm³/mol. The maximum atomic E-state index is 12.9. The Morgan fingerprint density at radius 1 is 1.04 bits per heavy atom. The third kappa shape index (κ3) is 5.32. The molecule has 0 fully saturated rings. The maximum absolute atomic E-state index is 12.9. The van der Waals surface area contributed by atoms with Gasteiger partial charge in [0.1, 0.15) is 5.82 Å². The Hall–Kier alpha value is -3.32. The molecule has 0 unspecified atom stereocenters. The van der Waals surface area contributed by atoms with Crippen molar-refractivity contribution in [1.82, 2.24) is 15.4 Å². The quantitative estimate of drug-likeness (QED) is 0.627. The molecular formula is C20H19FN4O2. The number of hydrogen-bond donors (Lipinski definition) is 2. The fourth-order valence-corrected chi connectivity index (χ4v) is 2.52. The molecule has 3 rings (SSSR count). The number of anilines is 2. The standard InChI is InChI=1S/C20H19FN4O2/c1-27-25-19(26)16-4-2-3-14(11-16)5-6-15-12-22-20(23-13-15)24-18-9-7-17(21)8-10-18/h2-4,7-13H,5-6H2,1H3,(H,25,26)(H,22,23,24). The van der Waals surface area contributed by atoms with Crippen LogP contribution in [0.1, 0.15) is 21.5 Å². The molecule has 0 radical (unpaired) electrons. The van der Waals surface area contributed by atoms with Crippen LogP contribution in [0.25, 0.3) is 0 Å². The number of nitrogens with zero attached hydrogens (tertiary/aromatic N) is 2. The summed E-state index contributed by atoms with van der Waals surface area (Å²) in [6.07, 6.45) is 5.00. The molecule has 1 amide bonds. The molecule has 0 atom stereocenters. The van der Waals surface area contributed by atoms with Crippen LogP contribution in [0, 0.1) is 5.82 Å². The predicted octanol–water partition coefficient (Wildman–Crippen LogP) is 3.44. The first kappa shape index (κ1) is 18.5.